The number of ether oxygens (including phenoxy) is 1. The molecule has 0 atom stereocenters. The van der Waals surface area contributed by atoms with E-state index in [-0.39, 0.29) is 34.2 Å². The zero-order valence-corrected chi connectivity index (χ0v) is 19.4. The van der Waals surface area contributed by atoms with E-state index in [1.54, 1.807) is 6.07 Å². The van der Waals surface area contributed by atoms with Crippen LogP contribution in [0, 0.1) is 30.9 Å². The van der Waals surface area contributed by atoms with Gasteiger partial charge in [-0.05, 0) is 55.6 Å². The molecule has 9 nitrogen and oxygen atoms in total. The molecule has 0 saturated carbocycles. The largest absolute Gasteiger partial charge is 0.457 e. The van der Waals surface area contributed by atoms with Gasteiger partial charge < -0.3 is 10.1 Å². The summed E-state index contributed by atoms with van der Waals surface area (Å²) in [5, 5.41) is 14.1. The second-order valence-electron chi connectivity index (χ2n) is 7.88. The number of nitro groups is 1. The maximum atomic E-state index is 13.8. The molecule has 1 N–H and O–H groups in total. The number of hydrogen-bond donors (Lipinski definition) is 1. The third-order valence-corrected chi connectivity index (χ3v) is 5.20. The minimum Gasteiger partial charge on any atom is -0.457 e. The Bertz CT molecular complexity index is 1480. The summed E-state index contributed by atoms with van der Waals surface area (Å²) in [7, 11) is 0. The van der Waals surface area contributed by atoms with Crippen molar-refractivity contribution in [2.75, 3.05) is 5.32 Å². The van der Waals surface area contributed by atoms with Gasteiger partial charge in [0.05, 0.1) is 16.7 Å². The van der Waals surface area contributed by atoms with Gasteiger partial charge in [-0.2, -0.15) is 13.9 Å². The normalized spacial score (nSPS) is 11.5. The lowest BCUT2D eigenvalue weighted by Gasteiger charge is -2.11. The van der Waals surface area contributed by atoms with Crippen LogP contribution in [0.4, 0.5) is 20.2 Å². The first-order chi connectivity index (χ1) is 16.4. The number of amides is 1. The summed E-state index contributed by atoms with van der Waals surface area (Å²) < 4.78 is 34.2. The lowest BCUT2D eigenvalue weighted by atomic mass is 10.1. The van der Waals surface area contributed by atoms with E-state index in [1.807, 2.05) is 26.0 Å². The summed E-state index contributed by atoms with van der Waals surface area (Å²) in [5.41, 5.74) is 0.825. The fraction of sp³-hybridized carbons (Fsp3) is 0.174. The van der Waals surface area contributed by atoms with Crippen molar-refractivity contribution >= 4 is 34.5 Å². The fourth-order valence-electron chi connectivity index (χ4n) is 3.37. The summed E-state index contributed by atoms with van der Waals surface area (Å²) in [6.07, 6.45) is 0. The number of hydrogen-bond acceptors (Lipinski definition) is 6. The number of halogens is 3. The van der Waals surface area contributed by atoms with Gasteiger partial charge in [0.25, 0.3) is 11.6 Å². The molecule has 0 saturated heterocycles. The van der Waals surface area contributed by atoms with Gasteiger partial charge >= 0.3 is 5.38 Å². The highest BCUT2D eigenvalue weighted by atomic mass is 35.5. The van der Waals surface area contributed by atoms with E-state index in [0.717, 1.165) is 27.8 Å². The highest BCUT2D eigenvalue weighted by Gasteiger charge is 2.32. The van der Waals surface area contributed by atoms with E-state index in [4.69, 9.17) is 16.3 Å². The van der Waals surface area contributed by atoms with Crippen LogP contribution < -0.4 is 10.1 Å². The minimum atomic E-state index is -3.74. The average molecular weight is 502 g/mol. The predicted molar refractivity (Wildman–Crippen MR) is 125 cm³/mol. The van der Waals surface area contributed by atoms with Crippen LogP contribution in [0.1, 0.15) is 33.0 Å². The molecule has 0 spiro atoms. The molecule has 0 aliphatic carbocycles. The highest BCUT2D eigenvalue weighted by Crippen LogP contribution is 2.34. The maximum Gasteiger partial charge on any atom is 0.364 e. The van der Waals surface area contributed by atoms with Gasteiger partial charge in [0.1, 0.15) is 17.2 Å². The zero-order valence-electron chi connectivity index (χ0n) is 18.7. The van der Waals surface area contributed by atoms with Crippen LogP contribution in [0.15, 0.2) is 48.5 Å². The van der Waals surface area contributed by atoms with E-state index in [9.17, 15) is 23.7 Å². The molecule has 4 rings (SSSR count). The number of carbonyl (C=O) groups excluding carboxylic acids is 1. The monoisotopic (exact) mass is 501 g/mol. The zero-order chi connectivity index (χ0) is 25.5. The molecule has 4 aromatic rings. The molecule has 12 heteroatoms. The van der Waals surface area contributed by atoms with Crippen LogP contribution in [0.2, 0.25) is 0 Å². The highest BCUT2D eigenvalue weighted by molar-refractivity contribution is 6.21. The fourth-order valence-corrected chi connectivity index (χ4v) is 3.51. The number of nitrogens with one attached hydrogen (secondary N) is 1. The third-order valence-electron chi connectivity index (χ3n) is 5.01. The molecule has 0 aliphatic rings. The second kappa shape index (κ2) is 8.91. The molecule has 2 aromatic heterocycles. The molecule has 2 aromatic carbocycles. The van der Waals surface area contributed by atoms with E-state index < -0.39 is 21.9 Å². The average Bonchev–Trinajstić information content (AvgIpc) is 3.19. The summed E-state index contributed by atoms with van der Waals surface area (Å²) >= 11 is 5.18. The Morgan fingerprint density at radius 3 is 2.57 bits per heavy atom. The summed E-state index contributed by atoms with van der Waals surface area (Å²) in [4.78, 5) is 27.7. The number of aryl methyl sites for hydroxylation is 3. The van der Waals surface area contributed by atoms with Crippen molar-refractivity contribution in [3.63, 3.8) is 0 Å². The van der Waals surface area contributed by atoms with Gasteiger partial charge in [0.15, 0.2) is 11.3 Å². The maximum absolute atomic E-state index is 13.8. The first-order valence-corrected chi connectivity index (χ1v) is 10.6. The number of non-ortho nitro benzene ring substituents is 1. The number of alkyl halides is 3. The topological polar surface area (TPSA) is 112 Å². The summed E-state index contributed by atoms with van der Waals surface area (Å²) in [6.45, 7) is 5.20. The van der Waals surface area contributed by atoms with Crippen molar-refractivity contribution in [2.45, 2.75) is 26.2 Å². The number of aromatic nitrogens is 3. The Hall–Kier alpha value is -4.12. The van der Waals surface area contributed by atoms with Crippen LogP contribution in [-0.4, -0.2) is 25.4 Å². The van der Waals surface area contributed by atoms with Crippen molar-refractivity contribution in [3.8, 4) is 11.5 Å². The van der Waals surface area contributed by atoms with Gasteiger partial charge in [-0.25, -0.2) is 9.50 Å². The lowest BCUT2D eigenvalue weighted by molar-refractivity contribution is -0.384. The van der Waals surface area contributed by atoms with E-state index >= 15 is 0 Å². The summed E-state index contributed by atoms with van der Waals surface area (Å²) in [6, 6.07) is 11.6. The van der Waals surface area contributed by atoms with Crippen LogP contribution in [0.3, 0.4) is 0 Å². The Kier molecular flexibility index (Phi) is 6.12. The SMILES string of the molecule is Cc1ccc(C)c(Oc2cc(NC(=O)c3cc4nc(C)cc(C(F)(F)Cl)n4n3)cc([N+](=O)[O-])c2)c1. The van der Waals surface area contributed by atoms with Crippen LogP contribution >= 0.6 is 11.6 Å². The third kappa shape index (κ3) is 5.19. The van der Waals surface area contributed by atoms with Gasteiger partial charge in [-0.15, -0.1) is 0 Å². The smallest absolute Gasteiger partial charge is 0.364 e. The number of rotatable bonds is 6. The Morgan fingerprint density at radius 1 is 1.14 bits per heavy atom. The van der Waals surface area contributed by atoms with Crippen molar-refractivity contribution in [1.29, 1.82) is 0 Å². The number of benzene rings is 2. The van der Waals surface area contributed by atoms with E-state index in [2.05, 4.69) is 15.4 Å². The number of anilines is 1. The standard InChI is InChI=1S/C23H18ClF2N5O4/c1-12-4-5-13(2)19(6-12)35-17-9-15(8-16(10-17)31(33)34)28-22(32)18-11-21-27-14(3)7-20(23(24,25)26)30(21)29-18/h4-11H,1-3H3,(H,28,32). The van der Waals surface area contributed by atoms with E-state index in [0.29, 0.717) is 5.75 Å². The molecule has 0 radical (unpaired) electrons. The number of fused-ring (bicyclic) bond motifs is 1. The Morgan fingerprint density at radius 2 is 1.89 bits per heavy atom. The Labute approximate surface area is 202 Å². The molecule has 180 valence electrons. The molecular weight excluding hydrogens is 484 g/mol. The van der Waals surface area contributed by atoms with Gasteiger partial charge in [-0.3, -0.25) is 14.9 Å². The molecule has 1 amide bonds. The Balaban J connectivity index is 1.68. The van der Waals surface area contributed by atoms with Crippen LogP contribution in [-0.2, 0) is 5.38 Å². The predicted octanol–water partition coefficient (Wildman–Crippen LogP) is 5.90. The first kappa shape index (κ1) is 24.0. The number of nitrogens with zero attached hydrogens (tertiary/aromatic N) is 4. The van der Waals surface area contributed by atoms with Crippen molar-refractivity contribution in [3.05, 3.63) is 86.9 Å². The van der Waals surface area contributed by atoms with Gasteiger partial charge in [-0.1, -0.05) is 12.1 Å². The van der Waals surface area contributed by atoms with Crippen molar-refractivity contribution in [2.24, 2.45) is 0 Å². The molecule has 0 fully saturated rings. The first-order valence-electron chi connectivity index (χ1n) is 10.2. The quantitative estimate of drug-likeness (QED) is 0.200. The second-order valence-corrected chi connectivity index (χ2v) is 8.35. The summed E-state index contributed by atoms with van der Waals surface area (Å²) in [5.74, 6) is -0.172. The number of nitro benzene ring substituents is 1. The lowest BCUT2D eigenvalue weighted by Crippen LogP contribution is -2.15. The van der Waals surface area contributed by atoms with Crippen LogP contribution in [0.25, 0.3) is 5.65 Å². The van der Waals surface area contributed by atoms with Crippen molar-refractivity contribution in [1.82, 2.24) is 14.6 Å². The molecule has 0 bridgehead atoms. The minimum absolute atomic E-state index is 0.0107. The van der Waals surface area contributed by atoms with Crippen molar-refractivity contribution < 1.29 is 23.2 Å². The molecule has 35 heavy (non-hydrogen) atoms. The molecule has 0 aliphatic heterocycles. The molecule has 0 unspecified atom stereocenters. The van der Waals surface area contributed by atoms with E-state index in [1.165, 1.54) is 25.1 Å². The van der Waals surface area contributed by atoms with Crippen LogP contribution in [0.5, 0.6) is 11.5 Å². The number of carbonyl (C=O) groups is 1. The van der Waals surface area contributed by atoms with Gasteiger partial charge in [0.2, 0.25) is 0 Å². The molecule has 2 heterocycles. The molecular formula is C23H18ClF2N5O4. The van der Waals surface area contributed by atoms with Gasteiger partial charge in [0, 0.05) is 23.9 Å².